The van der Waals surface area contributed by atoms with Crippen molar-refractivity contribution in [2.24, 2.45) is 5.41 Å². The number of halogens is 1. The zero-order valence-corrected chi connectivity index (χ0v) is 16.1. The van der Waals surface area contributed by atoms with Gasteiger partial charge in [-0.25, -0.2) is 0 Å². The van der Waals surface area contributed by atoms with E-state index in [4.69, 9.17) is 0 Å². The van der Waals surface area contributed by atoms with Crippen LogP contribution in [0.4, 0.5) is 0 Å². The van der Waals surface area contributed by atoms with Gasteiger partial charge in [-0.15, -0.1) is 0 Å². The molecule has 0 unspecified atom stereocenters. The predicted octanol–water partition coefficient (Wildman–Crippen LogP) is 5.39. The first-order chi connectivity index (χ1) is 10.4. The van der Waals surface area contributed by atoms with Crippen molar-refractivity contribution in [2.75, 3.05) is 6.54 Å². The van der Waals surface area contributed by atoms with Crippen LogP contribution in [0.15, 0.2) is 28.9 Å². The molecule has 1 aliphatic carbocycles. The lowest BCUT2D eigenvalue weighted by atomic mass is 9.88. The van der Waals surface area contributed by atoms with Gasteiger partial charge >= 0.3 is 0 Å². The maximum Gasteiger partial charge on any atom is 0.0484 e. The summed E-state index contributed by atoms with van der Waals surface area (Å²) in [6.45, 7) is 8.98. The molecule has 1 aromatic heterocycles. The molecule has 0 spiro atoms. The molecule has 2 aromatic rings. The van der Waals surface area contributed by atoms with Gasteiger partial charge in [0.15, 0.2) is 0 Å². The summed E-state index contributed by atoms with van der Waals surface area (Å²) in [4.78, 5) is 0. The Hall–Kier alpha value is -0.450. The molecule has 1 saturated carbocycles. The van der Waals surface area contributed by atoms with Crippen LogP contribution in [0.5, 0.6) is 0 Å². The Labute approximate surface area is 146 Å². The van der Waals surface area contributed by atoms with Crippen molar-refractivity contribution < 1.29 is 0 Å². The van der Waals surface area contributed by atoms with E-state index in [0.29, 0.717) is 5.41 Å². The maximum atomic E-state index is 3.62. The van der Waals surface area contributed by atoms with E-state index in [9.17, 15) is 0 Å². The number of aromatic nitrogens is 1. The van der Waals surface area contributed by atoms with Crippen LogP contribution in [-0.4, -0.2) is 16.4 Å². The fourth-order valence-electron chi connectivity index (χ4n) is 2.77. The fourth-order valence-corrected chi connectivity index (χ4v) is 3.95. The Bertz CT molecular complexity index is 653. The molecule has 1 heterocycles. The molecule has 0 atom stereocenters. The summed E-state index contributed by atoms with van der Waals surface area (Å²) in [6, 6.07) is 6.64. The minimum atomic E-state index is 0.307. The van der Waals surface area contributed by atoms with E-state index in [1.54, 1.807) is 0 Å². The molecule has 120 valence electrons. The van der Waals surface area contributed by atoms with Gasteiger partial charge in [-0.2, -0.15) is 0 Å². The first kappa shape index (κ1) is 16.4. The summed E-state index contributed by atoms with van der Waals surface area (Å²) in [7, 11) is 0. The molecule has 1 N–H and O–H groups in total. The lowest BCUT2D eigenvalue weighted by Gasteiger charge is -2.17. The zero-order valence-electron chi connectivity index (χ0n) is 13.7. The van der Waals surface area contributed by atoms with E-state index < -0.39 is 0 Å². The van der Waals surface area contributed by atoms with Crippen molar-refractivity contribution in [3.8, 4) is 0 Å². The van der Waals surface area contributed by atoms with Crippen LogP contribution in [0.3, 0.4) is 0 Å². The average molecular weight is 381 g/mol. The first-order valence-electron chi connectivity index (χ1n) is 8.08. The second kappa shape index (κ2) is 6.58. The highest BCUT2D eigenvalue weighted by molar-refractivity contribution is 9.10. The quantitative estimate of drug-likeness (QED) is 0.534. The van der Waals surface area contributed by atoms with Gasteiger partial charge in [0.1, 0.15) is 0 Å². The van der Waals surface area contributed by atoms with Crippen LogP contribution < -0.4 is 4.72 Å². The van der Waals surface area contributed by atoms with E-state index >= 15 is 0 Å². The molecule has 4 heteroatoms. The standard InChI is InChI=1S/C18H25BrN2S/c1-18(2,3)11-13-12-21(9-8-20-22-15-5-6-15)17-7-4-14(19)10-16(13)17/h4,7,10,12,15,20H,5-6,8-9,11H2,1-3H3. The second-order valence-electron chi connectivity index (χ2n) is 7.46. The Morgan fingerprint density at radius 2 is 2.09 bits per heavy atom. The minimum absolute atomic E-state index is 0.307. The minimum Gasteiger partial charge on any atom is -0.346 e. The molecule has 2 nitrogen and oxygen atoms in total. The lowest BCUT2D eigenvalue weighted by Crippen LogP contribution is -2.13. The largest absolute Gasteiger partial charge is 0.346 e. The van der Waals surface area contributed by atoms with Crippen molar-refractivity contribution in [3.05, 3.63) is 34.4 Å². The average Bonchev–Trinajstić information content (AvgIpc) is 3.19. The molecule has 1 aromatic carbocycles. The number of rotatable bonds is 6. The van der Waals surface area contributed by atoms with Crippen LogP contribution in [0.25, 0.3) is 10.9 Å². The third kappa shape index (κ3) is 4.30. The Morgan fingerprint density at radius 1 is 1.32 bits per heavy atom. The van der Waals surface area contributed by atoms with Crippen LogP contribution in [0, 0.1) is 5.41 Å². The summed E-state index contributed by atoms with van der Waals surface area (Å²) in [6.07, 6.45) is 6.23. The molecule has 1 aliphatic rings. The van der Waals surface area contributed by atoms with Gasteiger partial charge in [0.25, 0.3) is 0 Å². The van der Waals surface area contributed by atoms with Crippen molar-refractivity contribution in [1.82, 2.24) is 9.29 Å². The van der Waals surface area contributed by atoms with Crippen LogP contribution in [0.2, 0.25) is 0 Å². The van der Waals surface area contributed by atoms with Crippen LogP contribution in [0.1, 0.15) is 39.2 Å². The van der Waals surface area contributed by atoms with Gasteiger partial charge in [-0.1, -0.05) is 48.6 Å². The number of fused-ring (bicyclic) bond motifs is 1. The second-order valence-corrected chi connectivity index (χ2v) is 9.56. The predicted molar refractivity (Wildman–Crippen MR) is 101 cm³/mol. The Kier molecular flexibility index (Phi) is 4.91. The highest BCUT2D eigenvalue weighted by Crippen LogP contribution is 2.32. The van der Waals surface area contributed by atoms with Crippen LogP contribution >= 0.6 is 27.9 Å². The van der Waals surface area contributed by atoms with Crippen molar-refractivity contribution in [2.45, 2.75) is 51.8 Å². The van der Waals surface area contributed by atoms with Gasteiger partial charge in [0, 0.05) is 39.9 Å². The van der Waals surface area contributed by atoms with E-state index in [2.05, 4.69) is 70.4 Å². The highest BCUT2D eigenvalue weighted by atomic mass is 79.9. The molecular formula is C18H25BrN2S. The monoisotopic (exact) mass is 380 g/mol. The molecule has 1 fully saturated rings. The Balaban J connectivity index is 1.78. The number of hydrogen-bond acceptors (Lipinski definition) is 2. The molecule has 0 aliphatic heterocycles. The number of hydrogen-bond donors (Lipinski definition) is 1. The molecule has 3 rings (SSSR count). The molecular weight excluding hydrogens is 356 g/mol. The fraction of sp³-hybridized carbons (Fsp3) is 0.556. The molecule has 0 bridgehead atoms. The lowest BCUT2D eigenvalue weighted by molar-refractivity contribution is 0.412. The van der Waals surface area contributed by atoms with Crippen molar-refractivity contribution >= 4 is 38.8 Å². The van der Waals surface area contributed by atoms with Gasteiger partial charge in [0.05, 0.1) is 0 Å². The third-order valence-corrected chi connectivity index (χ3v) is 5.54. The summed E-state index contributed by atoms with van der Waals surface area (Å²) in [5, 5.41) is 2.26. The topological polar surface area (TPSA) is 17.0 Å². The zero-order chi connectivity index (χ0) is 15.7. The van der Waals surface area contributed by atoms with Crippen LogP contribution in [-0.2, 0) is 13.0 Å². The molecule has 22 heavy (non-hydrogen) atoms. The molecule has 0 saturated heterocycles. The van der Waals surface area contributed by atoms with Crippen molar-refractivity contribution in [3.63, 3.8) is 0 Å². The third-order valence-electron chi connectivity index (χ3n) is 3.88. The van der Waals surface area contributed by atoms with Gasteiger partial charge in [-0.05, 0) is 48.4 Å². The summed E-state index contributed by atoms with van der Waals surface area (Å²) < 4.78 is 7.08. The maximum absolute atomic E-state index is 3.62. The van der Waals surface area contributed by atoms with Gasteiger partial charge < -0.3 is 4.57 Å². The molecule has 0 radical (unpaired) electrons. The number of nitrogens with zero attached hydrogens (tertiary/aromatic N) is 1. The van der Waals surface area contributed by atoms with E-state index in [1.807, 2.05) is 11.9 Å². The highest BCUT2D eigenvalue weighted by Gasteiger charge is 2.21. The SMILES string of the molecule is CC(C)(C)Cc1cn(CCNSC2CC2)c2ccc(Br)cc12. The number of nitrogens with one attached hydrogen (secondary N) is 1. The number of benzene rings is 1. The normalized spacial score (nSPS) is 15.6. The Morgan fingerprint density at radius 3 is 2.77 bits per heavy atom. The first-order valence-corrected chi connectivity index (χ1v) is 9.75. The van der Waals surface area contributed by atoms with E-state index in [-0.39, 0.29) is 0 Å². The smallest absolute Gasteiger partial charge is 0.0484 e. The summed E-state index contributed by atoms with van der Waals surface area (Å²) in [5.41, 5.74) is 3.11. The molecule has 0 amide bonds. The van der Waals surface area contributed by atoms with Gasteiger partial charge in [-0.3, -0.25) is 4.72 Å². The van der Waals surface area contributed by atoms with Crippen molar-refractivity contribution in [1.29, 1.82) is 0 Å². The van der Waals surface area contributed by atoms with Gasteiger partial charge in [0.2, 0.25) is 0 Å². The summed E-state index contributed by atoms with van der Waals surface area (Å²) >= 11 is 5.53. The summed E-state index contributed by atoms with van der Waals surface area (Å²) in [5.74, 6) is 0. The van der Waals surface area contributed by atoms with E-state index in [0.717, 1.165) is 29.2 Å². The van der Waals surface area contributed by atoms with E-state index in [1.165, 1.54) is 29.3 Å².